The van der Waals surface area contributed by atoms with Gasteiger partial charge in [0.15, 0.2) is 0 Å². The Morgan fingerprint density at radius 1 is 1.39 bits per heavy atom. The molecule has 1 atom stereocenters. The van der Waals surface area contributed by atoms with E-state index in [-0.39, 0.29) is 5.75 Å². The molecule has 0 amide bonds. The van der Waals surface area contributed by atoms with Gasteiger partial charge < -0.3 is 10.1 Å². The lowest BCUT2D eigenvalue weighted by atomic mass is 10.1. The van der Waals surface area contributed by atoms with E-state index in [1.54, 1.807) is 18.7 Å². The van der Waals surface area contributed by atoms with Crippen LogP contribution in [-0.4, -0.2) is 50.0 Å². The number of likely N-dealkylation sites (tertiary alicyclic amines) is 1. The van der Waals surface area contributed by atoms with Gasteiger partial charge in [0, 0.05) is 28.9 Å². The molecule has 1 aliphatic rings. The van der Waals surface area contributed by atoms with E-state index in [1.807, 2.05) is 13.1 Å². The number of alkyl halides is 3. The first-order chi connectivity index (χ1) is 13.3. The summed E-state index contributed by atoms with van der Waals surface area (Å²) in [6.45, 7) is 9.34. The van der Waals surface area contributed by atoms with Gasteiger partial charge in [-0.3, -0.25) is 9.89 Å². The van der Waals surface area contributed by atoms with E-state index in [9.17, 15) is 13.2 Å². The number of halogens is 3. The summed E-state index contributed by atoms with van der Waals surface area (Å²) in [7, 11) is 1.86. The van der Waals surface area contributed by atoms with Crippen molar-refractivity contribution in [2.24, 2.45) is 4.99 Å². The Hall–Kier alpha value is -1.51. The molecule has 8 heteroatoms. The first kappa shape index (κ1) is 22.8. The molecule has 1 fully saturated rings. The van der Waals surface area contributed by atoms with Crippen molar-refractivity contribution in [2.45, 2.75) is 45.5 Å². The van der Waals surface area contributed by atoms with Gasteiger partial charge in [-0.2, -0.15) is 0 Å². The van der Waals surface area contributed by atoms with Crippen LogP contribution in [0.15, 0.2) is 28.1 Å². The van der Waals surface area contributed by atoms with Gasteiger partial charge >= 0.3 is 6.36 Å². The summed E-state index contributed by atoms with van der Waals surface area (Å²) < 4.78 is 42.2. The number of nitrogens with one attached hydrogen (secondary N) is 1. The molecule has 1 aromatic carbocycles. The highest BCUT2D eigenvalue weighted by Crippen LogP contribution is 2.34. The molecule has 0 bridgehead atoms. The fourth-order valence-corrected chi connectivity index (χ4v) is 4.41. The van der Waals surface area contributed by atoms with Crippen molar-refractivity contribution in [3.8, 4) is 5.75 Å². The molecular formula is C20H28F3N3OS. The summed E-state index contributed by atoms with van der Waals surface area (Å²) in [5.74, 6) is 0.436. The van der Waals surface area contributed by atoms with Crippen molar-refractivity contribution in [3.63, 3.8) is 0 Å². The fourth-order valence-electron chi connectivity index (χ4n) is 3.52. The topological polar surface area (TPSA) is 36.9 Å². The SMILES string of the molecule is C=N/C(=C(/CN1CCCC1CC)SCNC)c1cc(C)cc(OC(F)(F)F)c1. The van der Waals surface area contributed by atoms with Gasteiger partial charge in [0.25, 0.3) is 0 Å². The molecule has 1 N–H and O–H groups in total. The van der Waals surface area contributed by atoms with Crippen LogP contribution in [0.1, 0.15) is 37.3 Å². The zero-order valence-electron chi connectivity index (χ0n) is 16.6. The van der Waals surface area contributed by atoms with E-state index in [2.05, 4.69) is 33.6 Å². The molecule has 4 nitrogen and oxygen atoms in total. The number of nitrogens with zero attached hydrogens (tertiary/aromatic N) is 2. The van der Waals surface area contributed by atoms with Crippen LogP contribution in [0.3, 0.4) is 0 Å². The van der Waals surface area contributed by atoms with Crippen molar-refractivity contribution in [1.29, 1.82) is 0 Å². The molecule has 1 aliphatic heterocycles. The average molecular weight is 416 g/mol. The third kappa shape index (κ3) is 6.53. The molecule has 0 spiro atoms. The van der Waals surface area contributed by atoms with Gasteiger partial charge in [0.2, 0.25) is 0 Å². The molecular weight excluding hydrogens is 387 g/mol. The Kier molecular flexibility index (Phi) is 8.39. The number of thioether (sulfide) groups is 1. The van der Waals surface area contributed by atoms with Crippen LogP contribution in [-0.2, 0) is 0 Å². The predicted octanol–water partition coefficient (Wildman–Crippen LogP) is 5.05. The van der Waals surface area contributed by atoms with Crippen molar-refractivity contribution in [1.82, 2.24) is 10.2 Å². The summed E-state index contributed by atoms with van der Waals surface area (Å²) in [6.07, 6.45) is -1.32. The average Bonchev–Trinajstić information content (AvgIpc) is 3.05. The Balaban J connectivity index is 2.42. The van der Waals surface area contributed by atoms with Crippen molar-refractivity contribution < 1.29 is 17.9 Å². The summed E-state index contributed by atoms with van der Waals surface area (Å²) >= 11 is 1.60. The second-order valence-corrected chi connectivity index (χ2v) is 7.90. The molecule has 1 heterocycles. The van der Waals surface area contributed by atoms with Crippen molar-refractivity contribution >= 4 is 24.2 Å². The van der Waals surface area contributed by atoms with Gasteiger partial charge in [-0.25, -0.2) is 0 Å². The number of ether oxygens (including phenoxy) is 1. The number of rotatable bonds is 9. The van der Waals surface area contributed by atoms with Gasteiger partial charge in [0.1, 0.15) is 5.75 Å². The van der Waals surface area contributed by atoms with E-state index in [4.69, 9.17) is 0 Å². The van der Waals surface area contributed by atoms with Gasteiger partial charge in [-0.1, -0.05) is 6.92 Å². The Labute approximate surface area is 169 Å². The molecule has 28 heavy (non-hydrogen) atoms. The normalized spacial score (nSPS) is 18.9. The summed E-state index contributed by atoms with van der Waals surface area (Å²) in [4.78, 5) is 7.62. The lowest BCUT2D eigenvalue weighted by molar-refractivity contribution is -0.274. The highest BCUT2D eigenvalue weighted by molar-refractivity contribution is 8.03. The van der Waals surface area contributed by atoms with Crippen LogP contribution >= 0.6 is 11.8 Å². The van der Waals surface area contributed by atoms with Crippen LogP contribution in [0.5, 0.6) is 5.75 Å². The standard InChI is InChI=1S/C20H28F3N3OS/c1-5-16-7-6-8-26(16)12-18(28-13-24-3)19(25-4)15-9-14(2)10-17(11-15)27-20(21,22)23/h9-11,16,24H,4-8,12-13H2,1-3H3/b19-18-. The van der Waals surface area contributed by atoms with Crippen LogP contribution in [0.25, 0.3) is 5.70 Å². The lowest BCUT2D eigenvalue weighted by Gasteiger charge is -2.25. The third-order valence-electron chi connectivity index (χ3n) is 4.69. The van der Waals surface area contributed by atoms with E-state index >= 15 is 0 Å². The molecule has 0 saturated carbocycles. The minimum Gasteiger partial charge on any atom is -0.406 e. The Morgan fingerprint density at radius 2 is 2.14 bits per heavy atom. The Morgan fingerprint density at radius 3 is 2.75 bits per heavy atom. The molecule has 0 aliphatic carbocycles. The van der Waals surface area contributed by atoms with E-state index in [1.165, 1.54) is 18.6 Å². The fraction of sp³-hybridized carbons (Fsp3) is 0.550. The second-order valence-electron chi connectivity index (χ2n) is 6.83. The second kappa shape index (κ2) is 10.3. The van der Waals surface area contributed by atoms with Crippen LogP contribution in [0.2, 0.25) is 0 Å². The van der Waals surface area contributed by atoms with Gasteiger partial charge in [-0.15, -0.1) is 24.9 Å². The predicted molar refractivity (Wildman–Crippen MR) is 111 cm³/mol. The maximum Gasteiger partial charge on any atom is 0.573 e. The first-order valence-corrected chi connectivity index (χ1v) is 10.3. The summed E-state index contributed by atoms with van der Waals surface area (Å²) in [6, 6.07) is 5.09. The van der Waals surface area contributed by atoms with E-state index in [0.717, 1.165) is 24.3 Å². The molecule has 1 saturated heterocycles. The maximum absolute atomic E-state index is 12.7. The minimum atomic E-state index is -4.73. The van der Waals surface area contributed by atoms with Gasteiger partial charge in [0.05, 0.1) is 5.70 Å². The third-order valence-corrected chi connectivity index (χ3v) is 5.79. The minimum absolute atomic E-state index is 0.241. The highest BCUT2D eigenvalue weighted by atomic mass is 32.2. The molecule has 0 aromatic heterocycles. The monoisotopic (exact) mass is 415 g/mol. The molecule has 1 unspecified atom stereocenters. The zero-order valence-corrected chi connectivity index (χ0v) is 17.4. The van der Waals surface area contributed by atoms with Crippen LogP contribution < -0.4 is 10.1 Å². The molecule has 0 radical (unpaired) electrons. The smallest absolute Gasteiger partial charge is 0.406 e. The van der Waals surface area contributed by atoms with Crippen LogP contribution in [0.4, 0.5) is 13.2 Å². The molecule has 2 rings (SSSR count). The number of aryl methyl sites for hydroxylation is 1. The zero-order chi connectivity index (χ0) is 20.7. The highest BCUT2D eigenvalue weighted by Gasteiger charge is 2.31. The maximum atomic E-state index is 12.7. The Bertz CT molecular complexity index is 706. The number of hydrogen-bond acceptors (Lipinski definition) is 5. The lowest BCUT2D eigenvalue weighted by Crippen LogP contribution is -2.30. The van der Waals surface area contributed by atoms with Gasteiger partial charge in [-0.05, 0) is 70.3 Å². The molecule has 156 valence electrons. The van der Waals surface area contributed by atoms with E-state index < -0.39 is 6.36 Å². The summed E-state index contributed by atoms with van der Waals surface area (Å²) in [5.41, 5.74) is 1.86. The molecule has 1 aromatic rings. The largest absolute Gasteiger partial charge is 0.573 e. The quantitative estimate of drug-likeness (QED) is 0.452. The number of aliphatic imine (C=N–C) groups is 1. The van der Waals surface area contributed by atoms with Crippen LogP contribution in [0, 0.1) is 6.92 Å². The van der Waals surface area contributed by atoms with E-state index in [0.29, 0.717) is 35.3 Å². The number of hydrogen-bond donors (Lipinski definition) is 1. The summed E-state index contributed by atoms with van der Waals surface area (Å²) in [5, 5.41) is 3.11. The number of benzene rings is 1. The van der Waals surface area contributed by atoms with Crippen molar-refractivity contribution in [3.05, 3.63) is 34.2 Å². The van der Waals surface area contributed by atoms with Crippen molar-refractivity contribution in [2.75, 3.05) is 26.0 Å². The first-order valence-electron chi connectivity index (χ1n) is 9.36.